The fraction of sp³-hybridized carbons (Fsp3) is 0.161. The van der Waals surface area contributed by atoms with Crippen LogP contribution in [0.3, 0.4) is 0 Å². The molecule has 0 saturated heterocycles. The topological polar surface area (TPSA) is 75.2 Å². The predicted octanol–water partition coefficient (Wildman–Crippen LogP) is 7.43. The third-order valence-corrected chi connectivity index (χ3v) is 6.52. The summed E-state index contributed by atoms with van der Waals surface area (Å²) < 4.78 is 6.11. The molecule has 0 amide bonds. The lowest BCUT2D eigenvalue weighted by molar-refractivity contribution is 0.0690. The van der Waals surface area contributed by atoms with Gasteiger partial charge in [0.2, 0.25) is 0 Å². The van der Waals surface area contributed by atoms with Crippen molar-refractivity contribution in [3.63, 3.8) is 0 Å². The molecule has 2 aromatic heterocycles. The number of pyridine rings is 1. The molecule has 5 rings (SSSR count). The molecule has 0 unspecified atom stereocenters. The Balaban J connectivity index is 1.46. The number of benzene rings is 3. The molecule has 5 nitrogen and oxygen atoms in total. The number of carboxylic acids is 1. The second-order valence-corrected chi connectivity index (χ2v) is 8.83. The summed E-state index contributed by atoms with van der Waals surface area (Å²) in [5.74, 6) is -0.116. The van der Waals surface area contributed by atoms with E-state index in [0.29, 0.717) is 19.4 Å². The highest BCUT2D eigenvalue weighted by Gasteiger charge is 2.20. The molecule has 0 spiro atoms. The van der Waals surface area contributed by atoms with Gasteiger partial charge < -0.3 is 14.8 Å². The van der Waals surface area contributed by atoms with Crippen LogP contribution in [0.4, 0.5) is 0 Å². The van der Waals surface area contributed by atoms with Gasteiger partial charge in [0, 0.05) is 28.1 Å². The molecule has 0 aliphatic heterocycles. The van der Waals surface area contributed by atoms with Crippen molar-refractivity contribution in [3.05, 3.63) is 102 Å². The number of H-pyrrole nitrogens is 1. The second-order valence-electron chi connectivity index (χ2n) is 8.83. The number of hydrogen-bond donors (Lipinski definition) is 2. The average Bonchev–Trinajstić information content (AvgIpc) is 3.26. The molecule has 0 bridgehead atoms. The standard InChI is InChI=1S/C31H28N2O3/c1-3-9-26-28(20(2)17-18-32-26)25-14-7-13-23-24(30(31(34)35)33-29(23)25)15-8-19-36-27-16-6-11-21-10-4-5-12-22(21)27/h3-7,9-14,16-18,33H,8,15,19H2,1-2H3,(H,34,35)/b9-3+. The van der Waals surface area contributed by atoms with Crippen LogP contribution in [-0.2, 0) is 6.42 Å². The molecule has 5 aromatic rings. The van der Waals surface area contributed by atoms with Crippen molar-refractivity contribution in [2.24, 2.45) is 0 Å². The minimum Gasteiger partial charge on any atom is -0.493 e. The van der Waals surface area contributed by atoms with Gasteiger partial charge in [0.1, 0.15) is 11.4 Å². The number of aromatic carboxylic acids is 1. The normalized spacial score (nSPS) is 11.5. The molecule has 0 radical (unpaired) electrons. The van der Waals surface area contributed by atoms with Crippen molar-refractivity contribution >= 4 is 33.7 Å². The molecule has 36 heavy (non-hydrogen) atoms. The number of nitrogens with zero attached hydrogens (tertiary/aromatic N) is 1. The molecular formula is C31H28N2O3. The first kappa shape index (κ1) is 23.4. The van der Waals surface area contributed by atoms with Crippen molar-refractivity contribution in [1.29, 1.82) is 0 Å². The lowest BCUT2D eigenvalue weighted by atomic mass is 9.95. The zero-order valence-electron chi connectivity index (χ0n) is 20.4. The van der Waals surface area contributed by atoms with Gasteiger partial charge in [-0.3, -0.25) is 4.98 Å². The van der Waals surface area contributed by atoms with Gasteiger partial charge in [-0.25, -0.2) is 4.79 Å². The zero-order chi connectivity index (χ0) is 25.1. The molecular weight excluding hydrogens is 448 g/mol. The van der Waals surface area contributed by atoms with Crippen LogP contribution in [0.15, 0.2) is 79.0 Å². The molecule has 2 heterocycles. The minimum atomic E-state index is -0.960. The number of nitrogens with one attached hydrogen (secondary N) is 1. The zero-order valence-corrected chi connectivity index (χ0v) is 20.4. The number of carboxylic acid groups (broad SMARTS) is 1. The van der Waals surface area contributed by atoms with Crippen molar-refractivity contribution in [3.8, 4) is 16.9 Å². The van der Waals surface area contributed by atoms with Crippen LogP contribution < -0.4 is 4.74 Å². The number of fused-ring (bicyclic) bond motifs is 2. The monoisotopic (exact) mass is 476 g/mol. The van der Waals surface area contributed by atoms with Crippen molar-refractivity contribution in [1.82, 2.24) is 9.97 Å². The second kappa shape index (κ2) is 10.1. The average molecular weight is 477 g/mol. The molecule has 180 valence electrons. The summed E-state index contributed by atoms with van der Waals surface area (Å²) >= 11 is 0. The Hall–Kier alpha value is -4.38. The van der Waals surface area contributed by atoms with Crippen molar-refractivity contribution < 1.29 is 14.6 Å². The molecule has 0 aliphatic rings. The van der Waals surface area contributed by atoms with Crippen LogP contribution in [-0.4, -0.2) is 27.7 Å². The minimum absolute atomic E-state index is 0.233. The highest BCUT2D eigenvalue weighted by atomic mass is 16.5. The van der Waals surface area contributed by atoms with E-state index in [1.54, 1.807) is 6.20 Å². The molecule has 2 N–H and O–H groups in total. The number of aromatic amines is 1. The van der Waals surface area contributed by atoms with E-state index in [4.69, 9.17) is 4.74 Å². The van der Waals surface area contributed by atoms with Gasteiger partial charge in [0.15, 0.2) is 0 Å². The summed E-state index contributed by atoms with van der Waals surface area (Å²) in [4.78, 5) is 20.0. The van der Waals surface area contributed by atoms with Crippen LogP contribution in [0.2, 0.25) is 0 Å². The molecule has 0 fully saturated rings. The van der Waals surface area contributed by atoms with E-state index in [1.807, 2.05) is 67.6 Å². The van der Waals surface area contributed by atoms with Crippen LogP contribution in [0.25, 0.3) is 38.9 Å². The lowest BCUT2D eigenvalue weighted by Gasteiger charge is -2.11. The van der Waals surface area contributed by atoms with Gasteiger partial charge in [0.25, 0.3) is 0 Å². The number of allylic oxidation sites excluding steroid dienone is 1. The Morgan fingerprint density at radius 3 is 2.64 bits per heavy atom. The van der Waals surface area contributed by atoms with Gasteiger partial charge >= 0.3 is 5.97 Å². The van der Waals surface area contributed by atoms with Crippen LogP contribution in [0, 0.1) is 6.92 Å². The largest absolute Gasteiger partial charge is 0.493 e. The fourth-order valence-electron chi connectivity index (χ4n) is 4.89. The van der Waals surface area contributed by atoms with Gasteiger partial charge in [0.05, 0.1) is 17.8 Å². The first-order chi connectivity index (χ1) is 17.6. The Kier molecular flexibility index (Phi) is 6.54. The maximum Gasteiger partial charge on any atom is 0.352 e. The third kappa shape index (κ3) is 4.36. The van der Waals surface area contributed by atoms with E-state index >= 15 is 0 Å². The number of para-hydroxylation sites is 1. The summed E-state index contributed by atoms with van der Waals surface area (Å²) in [6.07, 6.45) is 7.02. The van der Waals surface area contributed by atoms with Crippen LogP contribution in [0.5, 0.6) is 5.75 Å². The van der Waals surface area contributed by atoms with E-state index in [9.17, 15) is 9.90 Å². The fourth-order valence-corrected chi connectivity index (χ4v) is 4.89. The van der Waals surface area contributed by atoms with E-state index in [-0.39, 0.29) is 5.69 Å². The third-order valence-electron chi connectivity index (χ3n) is 6.52. The molecule has 0 aliphatic carbocycles. The summed E-state index contributed by atoms with van der Waals surface area (Å²) in [5.41, 5.74) is 5.76. The highest BCUT2D eigenvalue weighted by Crippen LogP contribution is 2.36. The first-order valence-electron chi connectivity index (χ1n) is 12.1. The van der Waals surface area contributed by atoms with Crippen molar-refractivity contribution in [2.45, 2.75) is 26.7 Å². The van der Waals surface area contributed by atoms with E-state index < -0.39 is 5.97 Å². The molecule has 3 aromatic carbocycles. The predicted molar refractivity (Wildman–Crippen MR) is 146 cm³/mol. The van der Waals surface area contributed by atoms with Gasteiger partial charge in [-0.1, -0.05) is 60.7 Å². The Morgan fingerprint density at radius 1 is 1.03 bits per heavy atom. The van der Waals surface area contributed by atoms with Gasteiger partial charge in [-0.2, -0.15) is 0 Å². The Morgan fingerprint density at radius 2 is 1.81 bits per heavy atom. The molecule has 0 saturated carbocycles. The number of ether oxygens (including phenoxy) is 1. The number of hydrogen-bond acceptors (Lipinski definition) is 3. The summed E-state index contributed by atoms with van der Waals surface area (Å²) in [6, 6.07) is 22.1. The van der Waals surface area contributed by atoms with E-state index in [1.165, 1.54) is 0 Å². The quantitative estimate of drug-likeness (QED) is 0.228. The SMILES string of the molecule is C/C=C/c1nccc(C)c1-c1cccc2c(CCCOc3cccc4ccccc34)c(C(=O)O)[nH]c12. The number of rotatable bonds is 8. The number of carbonyl (C=O) groups is 1. The summed E-state index contributed by atoms with van der Waals surface area (Å²) in [6.45, 7) is 4.51. The molecule has 0 atom stereocenters. The van der Waals surface area contributed by atoms with Crippen molar-refractivity contribution in [2.75, 3.05) is 6.61 Å². The Bertz CT molecular complexity index is 1590. The first-order valence-corrected chi connectivity index (χ1v) is 12.1. The maximum atomic E-state index is 12.2. The van der Waals surface area contributed by atoms with Crippen LogP contribution in [0.1, 0.15) is 40.7 Å². The lowest BCUT2D eigenvalue weighted by Crippen LogP contribution is -2.04. The van der Waals surface area contributed by atoms with Gasteiger partial charge in [-0.05, 0) is 61.4 Å². The Labute approximate surface area is 210 Å². The smallest absolute Gasteiger partial charge is 0.352 e. The van der Waals surface area contributed by atoms with E-state index in [0.717, 1.165) is 55.4 Å². The summed E-state index contributed by atoms with van der Waals surface area (Å²) in [5, 5.41) is 13.1. The van der Waals surface area contributed by atoms with E-state index in [2.05, 4.69) is 35.1 Å². The number of aromatic nitrogens is 2. The van der Waals surface area contributed by atoms with Crippen LogP contribution >= 0.6 is 0 Å². The number of aryl methyl sites for hydroxylation is 2. The summed E-state index contributed by atoms with van der Waals surface area (Å²) in [7, 11) is 0. The molecule has 5 heteroatoms. The maximum absolute atomic E-state index is 12.2. The highest BCUT2D eigenvalue weighted by molar-refractivity contribution is 6.04. The van der Waals surface area contributed by atoms with Gasteiger partial charge in [-0.15, -0.1) is 0 Å².